The second-order valence-corrected chi connectivity index (χ2v) is 7.04. The number of carbonyl (C=O) groups is 1. The molecule has 1 amide bonds. The second kappa shape index (κ2) is 7.50. The number of benzene rings is 1. The van der Waals surface area contributed by atoms with E-state index in [2.05, 4.69) is 18.3 Å². The molecular formula is C16H19NOS2. The molecule has 2 nitrogen and oxygen atoms in total. The first-order chi connectivity index (χ1) is 9.70. The van der Waals surface area contributed by atoms with Gasteiger partial charge in [-0.15, -0.1) is 23.1 Å². The molecule has 0 aliphatic rings. The van der Waals surface area contributed by atoms with Crippen molar-refractivity contribution in [1.82, 2.24) is 5.32 Å². The molecule has 0 saturated heterocycles. The zero-order chi connectivity index (χ0) is 14.4. The summed E-state index contributed by atoms with van der Waals surface area (Å²) < 4.78 is 1.19. The molecule has 0 radical (unpaired) electrons. The molecule has 1 N–H and O–H groups in total. The smallest absolute Gasteiger partial charge is 0.233 e. The highest BCUT2D eigenvalue weighted by atomic mass is 32.2. The first kappa shape index (κ1) is 15.1. The first-order valence-corrected chi connectivity index (χ1v) is 8.52. The Balaban J connectivity index is 1.95. The largest absolute Gasteiger partial charge is 0.349 e. The Morgan fingerprint density at radius 1 is 1.25 bits per heavy atom. The van der Waals surface area contributed by atoms with Crippen molar-refractivity contribution < 1.29 is 4.79 Å². The molecule has 2 aromatic rings. The number of thioether (sulfide) groups is 1. The number of rotatable bonds is 6. The van der Waals surface area contributed by atoms with Gasteiger partial charge in [0.2, 0.25) is 5.91 Å². The van der Waals surface area contributed by atoms with E-state index in [0.29, 0.717) is 0 Å². The van der Waals surface area contributed by atoms with E-state index < -0.39 is 0 Å². The van der Waals surface area contributed by atoms with Gasteiger partial charge in [-0.05, 0) is 30.4 Å². The van der Waals surface area contributed by atoms with E-state index >= 15 is 0 Å². The van der Waals surface area contributed by atoms with Gasteiger partial charge in [-0.3, -0.25) is 4.79 Å². The number of thiophene rings is 1. The molecule has 2 atom stereocenters. The summed E-state index contributed by atoms with van der Waals surface area (Å²) >= 11 is 3.33. The van der Waals surface area contributed by atoms with Gasteiger partial charge in [-0.25, -0.2) is 0 Å². The summed E-state index contributed by atoms with van der Waals surface area (Å²) in [5.74, 6) is 0.113. The van der Waals surface area contributed by atoms with Crippen molar-refractivity contribution in [2.45, 2.75) is 35.8 Å². The lowest BCUT2D eigenvalue weighted by Crippen LogP contribution is -2.34. The van der Waals surface area contributed by atoms with Crippen molar-refractivity contribution in [3.8, 4) is 0 Å². The normalized spacial score (nSPS) is 13.7. The van der Waals surface area contributed by atoms with Crippen LogP contribution in [0.4, 0.5) is 0 Å². The number of amides is 1. The van der Waals surface area contributed by atoms with E-state index in [1.165, 1.54) is 4.21 Å². The third-order valence-corrected chi connectivity index (χ3v) is 5.51. The van der Waals surface area contributed by atoms with E-state index in [4.69, 9.17) is 0 Å². The zero-order valence-corrected chi connectivity index (χ0v) is 13.3. The van der Waals surface area contributed by atoms with Gasteiger partial charge in [0, 0.05) is 0 Å². The van der Waals surface area contributed by atoms with Gasteiger partial charge in [-0.2, -0.15) is 0 Å². The van der Waals surface area contributed by atoms with Gasteiger partial charge in [0.05, 0.1) is 15.5 Å². The Kier molecular flexibility index (Phi) is 5.68. The number of hydrogen-bond donors (Lipinski definition) is 1. The van der Waals surface area contributed by atoms with Gasteiger partial charge >= 0.3 is 0 Å². The molecule has 4 heteroatoms. The van der Waals surface area contributed by atoms with Crippen LogP contribution in [-0.4, -0.2) is 11.2 Å². The fourth-order valence-corrected chi connectivity index (χ4v) is 3.89. The van der Waals surface area contributed by atoms with Crippen molar-refractivity contribution >= 4 is 29.0 Å². The van der Waals surface area contributed by atoms with E-state index in [9.17, 15) is 4.79 Å². The predicted molar refractivity (Wildman–Crippen MR) is 87.3 cm³/mol. The van der Waals surface area contributed by atoms with E-state index in [1.807, 2.05) is 48.7 Å². The number of nitrogens with one attached hydrogen (secondary N) is 1. The molecule has 1 aromatic carbocycles. The van der Waals surface area contributed by atoms with Crippen molar-refractivity contribution in [2.75, 3.05) is 0 Å². The Hall–Kier alpha value is -1.26. The predicted octanol–water partition coefficient (Wildman–Crippen LogP) is 4.50. The third kappa shape index (κ3) is 4.12. The summed E-state index contributed by atoms with van der Waals surface area (Å²) in [6.45, 7) is 4.08. The topological polar surface area (TPSA) is 29.1 Å². The van der Waals surface area contributed by atoms with Crippen molar-refractivity contribution in [3.05, 3.63) is 53.4 Å². The molecule has 0 spiro atoms. The molecule has 0 aliphatic heterocycles. The van der Waals surface area contributed by atoms with Crippen molar-refractivity contribution in [2.24, 2.45) is 0 Å². The lowest BCUT2D eigenvalue weighted by Gasteiger charge is -2.19. The van der Waals surface area contributed by atoms with Crippen LogP contribution in [0.2, 0.25) is 0 Å². The molecule has 2 rings (SSSR count). The minimum absolute atomic E-state index is 0.0280. The average Bonchev–Trinajstić information content (AvgIpc) is 2.98. The van der Waals surface area contributed by atoms with Gasteiger partial charge in [0.15, 0.2) is 0 Å². The van der Waals surface area contributed by atoms with Crippen LogP contribution >= 0.6 is 23.1 Å². The Morgan fingerprint density at radius 2 is 2.00 bits per heavy atom. The van der Waals surface area contributed by atoms with Crippen molar-refractivity contribution in [3.63, 3.8) is 0 Å². The number of carbonyl (C=O) groups excluding carboxylic acids is 1. The quantitative estimate of drug-likeness (QED) is 0.796. The fourth-order valence-electron chi connectivity index (χ4n) is 1.92. The number of hydrogen-bond acceptors (Lipinski definition) is 3. The third-order valence-electron chi connectivity index (χ3n) is 3.08. The highest BCUT2D eigenvalue weighted by Crippen LogP contribution is 2.29. The maximum absolute atomic E-state index is 12.4. The average molecular weight is 305 g/mol. The van der Waals surface area contributed by atoms with Crippen LogP contribution in [0.25, 0.3) is 0 Å². The fraction of sp³-hybridized carbons (Fsp3) is 0.312. The highest BCUT2D eigenvalue weighted by molar-refractivity contribution is 8.02. The Bertz CT molecular complexity index is 525. The molecular weight excluding hydrogens is 286 g/mol. The SMILES string of the molecule is CC[C@H](Sc1cccs1)C(=O)N[C@@H](C)c1ccccc1. The van der Waals surface area contributed by atoms with Crippen LogP contribution in [0.1, 0.15) is 31.9 Å². The van der Waals surface area contributed by atoms with Gasteiger partial charge in [-0.1, -0.05) is 43.3 Å². The standard InChI is InChI=1S/C16H19NOS2/c1-3-14(20-15-10-7-11-19-15)16(18)17-12(2)13-8-5-4-6-9-13/h4-12,14H,3H2,1-2H3,(H,17,18)/t12-,14-/m0/s1. The van der Waals surface area contributed by atoms with Gasteiger partial charge in [0.25, 0.3) is 0 Å². The summed E-state index contributed by atoms with van der Waals surface area (Å²) in [4.78, 5) is 12.4. The molecule has 1 aromatic heterocycles. The zero-order valence-electron chi connectivity index (χ0n) is 11.7. The Morgan fingerprint density at radius 3 is 2.60 bits per heavy atom. The monoisotopic (exact) mass is 305 g/mol. The van der Waals surface area contributed by atoms with E-state index in [-0.39, 0.29) is 17.2 Å². The van der Waals surface area contributed by atoms with Gasteiger partial charge < -0.3 is 5.32 Å². The molecule has 106 valence electrons. The lowest BCUT2D eigenvalue weighted by molar-refractivity contribution is -0.121. The van der Waals surface area contributed by atoms with E-state index in [1.54, 1.807) is 23.1 Å². The molecule has 1 heterocycles. The van der Waals surface area contributed by atoms with E-state index in [0.717, 1.165) is 12.0 Å². The summed E-state index contributed by atoms with van der Waals surface area (Å²) in [6.07, 6.45) is 0.829. The summed E-state index contributed by atoms with van der Waals surface area (Å²) in [5.41, 5.74) is 1.14. The molecule has 0 aliphatic carbocycles. The van der Waals surface area contributed by atoms with Crippen LogP contribution in [-0.2, 0) is 4.79 Å². The lowest BCUT2D eigenvalue weighted by atomic mass is 10.1. The minimum Gasteiger partial charge on any atom is -0.349 e. The van der Waals surface area contributed by atoms with Crippen LogP contribution in [0.5, 0.6) is 0 Å². The summed E-state index contributed by atoms with van der Waals surface area (Å²) in [5, 5.41) is 5.12. The second-order valence-electron chi connectivity index (χ2n) is 4.59. The Labute approximate surface area is 128 Å². The molecule has 0 saturated carbocycles. The molecule has 0 fully saturated rings. The first-order valence-electron chi connectivity index (χ1n) is 6.76. The maximum Gasteiger partial charge on any atom is 0.233 e. The van der Waals surface area contributed by atoms with Crippen LogP contribution in [0, 0.1) is 0 Å². The summed E-state index contributed by atoms with van der Waals surface area (Å²) in [7, 11) is 0. The maximum atomic E-state index is 12.4. The minimum atomic E-state index is -0.0280. The van der Waals surface area contributed by atoms with Crippen LogP contribution < -0.4 is 5.32 Å². The molecule has 0 unspecified atom stereocenters. The van der Waals surface area contributed by atoms with Crippen LogP contribution in [0.15, 0.2) is 52.1 Å². The van der Waals surface area contributed by atoms with Gasteiger partial charge in [0.1, 0.15) is 0 Å². The van der Waals surface area contributed by atoms with Crippen molar-refractivity contribution in [1.29, 1.82) is 0 Å². The molecule has 20 heavy (non-hydrogen) atoms. The molecule has 0 bridgehead atoms. The highest BCUT2D eigenvalue weighted by Gasteiger charge is 2.20. The summed E-state index contributed by atoms with van der Waals surface area (Å²) in [6, 6.07) is 14.2. The van der Waals surface area contributed by atoms with Crippen LogP contribution in [0.3, 0.4) is 0 Å².